The molecule has 0 saturated carbocycles. The van der Waals surface area contributed by atoms with Crippen molar-refractivity contribution in [2.75, 3.05) is 6.73 Å². The highest BCUT2D eigenvalue weighted by Gasteiger charge is 2.25. The van der Waals surface area contributed by atoms with Gasteiger partial charge in [0.15, 0.2) is 0 Å². The maximum atomic E-state index is 12.1. The molecule has 2 aromatic carbocycles. The number of carbonyl (C=O) groups excluding carboxylic acids is 1. The second-order valence-electron chi connectivity index (χ2n) is 8.25. The predicted octanol–water partition coefficient (Wildman–Crippen LogP) is 4.34. The minimum absolute atomic E-state index is 0.141. The van der Waals surface area contributed by atoms with E-state index in [1.807, 2.05) is 45.0 Å². The number of hydrogen-bond acceptors (Lipinski definition) is 6. The number of aryl methyl sites for hydroxylation is 2. The summed E-state index contributed by atoms with van der Waals surface area (Å²) in [6.07, 6.45) is 0.627. The molecule has 162 valence electrons. The molecule has 3 aromatic rings. The zero-order chi connectivity index (χ0) is 22.0. The maximum Gasteiger partial charge on any atom is 0.336 e. The number of carbonyl (C=O) groups is 1. The lowest BCUT2D eigenvalue weighted by molar-refractivity contribution is -0.147. The van der Waals surface area contributed by atoms with Gasteiger partial charge in [-0.3, -0.25) is 9.69 Å². The van der Waals surface area contributed by atoms with Crippen LogP contribution in [0, 0.1) is 6.92 Å². The molecule has 1 aliphatic rings. The monoisotopic (exact) mass is 421 g/mol. The summed E-state index contributed by atoms with van der Waals surface area (Å²) in [5.41, 5.74) is 4.00. The van der Waals surface area contributed by atoms with E-state index in [2.05, 4.69) is 17.0 Å². The van der Waals surface area contributed by atoms with Crippen molar-refractivity contribution in [3.63, 3.8) is 0 Å². The molecule has 0 saturated heterocycles. The average Bonchev–Trinajstić information content (AvgIpc) is 2.72. The van der Waals surface area contributed by atoms with Gasteiger partial charge < -0.3 is 13.9 Å². The van der Waals surface area contributed by atoms with E-state index < -0.39 is 0 Å². The summed E-state index contributed by atoms with van der Waals surface area (Å²) in [6, 6.07) is 13.6. The third kappa shape index (κ3) is 4.80. The molecule has 0 spiro atoms. The van der Waals surface area contributed by atoms with Crippen molar-refractivity contribution < 1.29 is 18.7 Å². The SMILES string of the molecule is Cc1cc(=O)oc2c3c(c(CCC(=O)OC(C)C)cc12)OCN(Cc1ccccc1)C3. The summed E-state index contributed by atoms with van der Waals surface area (Å²) in [4.78, 5) is 26.3. The molecule has 0 aliphatic carbocycles. The molecule has 1 aliphatic heterocycles. The Kier molecular flexibility index (Phi) is 6.09. The molecule has 0 fully saturated rings. The molecular weight excluding hydrogens is 394 g/mol. The van der Waals surface area contributed by atoms with Crippen LogP contribution in [-0.2, 0) is 29.0 Å². The lowest BCUT2D eigenvalue weighted by atomic mass is 9.97. The molecule has 0 radical (unpaired) electrons. The Hall–Kier alpha value is -3.12. The first-order chi connectivity index (χ1) is 14.9. The number of nitrogens with zero attached hydrogens (tertiary/aromatic N) is 1. The number of esters is 1. The molecule has 6 heteroatoms. The van der Waals surface area contributed by atoms with E-state index in [1.165, 1.54) is 11.6 Å². The van der Waals surface area contributed by atoms with Gasteiger partial charge in [-0.1, -0.05) is 30.3 Å². The van der Waals surface area contributed by atoms with Crippen LogP contribution in [0.3, 0.4) is 0 Å². The lowest BCUT2D eigenvalue weighted by Crippen LogP contribution is -2.32. The van der Waals surface area contributed by atoms with Crippen molar-refractivity contribution in [3.05, 3.63) is 75.1 Å². The fourth-order valence-electron chi connectivity index (χ4n) is 3.99. The Morgan fingerprint density at radius 2 is 1.97 bits per heavy atom. The van der Waals surface area contributed by atoms with E-state index in [9.17, 15) is 9.59 Å². The Morgan fingerprint density at radius 3 is 2.71 bits per heavy atom. The van der Waals surface area contributed by atoms with Crippen LogP contribution in [0.15, 0.2) is 51.7 Å². The predicted molar refractivity (Wildman–Crippen MR) is 118 cm³/mol. The van der Waals surface area contributed by atoms with Crippen LogP contribution in [0.25, 0.3) is 11.0 Å². The Morgan fingerprint density at radius 1 is 1.19 bits per heavy atom. The van der Waals surface area contributed by atoms with Gasteiger partial charge in [0.1, 0.15) is 18.1 Å². The summed E-state index contributed by atoms with van der Waals surface area (Å²) >= 11 is 0. The van der Waals surface area contributed by atoms with Gasteiger partial charge in [0, 0.05) is 31.0 Å². The van der Waals surface area contributed by atoms with Crippen LogP contribution in [0.5, 0.6) is 5.75 Å². The van der Waals surface area contributed by atoms with Gasteiger partial charge in [0.05, 0.1) is 11.7 Å². The van der Waals surface area contributed by atoms with Crippen molar-refractivity contribution in [2.24, 2.45) is 0 Å². The summed E-state index contributed by atoms with van der Waals surface area (Å²) in [7, 11) is 0. The summed E-state index contributed by atoms with van der Waals surface area (Å²) in [5.74, 6) is 0.476. The van der Waals surface area contributed by atoms with Crippen LogP contribution in [0.2, 0.25) is 0 Å². The fourth-order valence-corrected chi connectivity index (χ4v) is 3.99. The molecule has 4 rings (SSSR count). The van der Waals surface area contributed by atoms with Crippen molar-refractivity contribution >= 4 is 16.9 Å². The van der Waals surface area contributed by atoms with Crippen LogP contribution >= 0.6 is 0 Å². The molecule has 31 heavy (non-hydrogen) atoms. The van der Waals surface area contributed by atoms with Crippen LogP contribution in [0.4, 0.5) is 0 Å². The summed E-state index contributed by atoms with van der Waals surface area (Å²) < 4.78 is 17.0. The largest absolute Gasteiger partial charge is 0.477 e. The van der Waals surface area contributed by atoms with Crippen molar-refractivity contribution in [1.82, 2.24) is 4.90 Å². The number of ether oxygens (including phenoxy) is 2. The molecule has 2 heterocycles. The molecule has 6 nitrogen and oxygen atoms in total. The van der Waals surface area contributed by atoms with E-state index in [0.717, 1.165) is 28.6 Å². The van der Waals surface area contributed by atoms with Crippen LogP contribution in [0.1, 0.15) is 42.5 Å². The molecule has 0 N–H and O–H groups in total. The summed E-state index contributed by atoms with van der Waals surface area (Å²) in [6.45, 7) is 7.32. The highest BCUT2D eigenvalue weighted by atomic mass is 16.5. The maximum absolute atomic E-state index is 12.1. The van der Waals surface area contributed by atoms with Crippen molar-refractivity contribution in [1.29, 1.82) is 0 Å². The lowest BCUT2D eigenvalue weighted by Gasteiger charge is -2.31. The second-order valence-corrected chi connectivity index (χ2v) is 8.25. The smallest absolute Gasteiger partial charge is 0.336 e. The Balaban J connectivity index is 1.69. The van der Waals surface area contributed by atoms with Gasteiger partial charge in [-0.15, -0.1) is 0 Å². The van der Waals surface area contributed by atoms with E-state index in [1.54, 1.807) is 0 Å². The minimum atomic E-state index is -0.374. The zero-order valence-electron chi connectivity index (χ0n) is 18.1. The highest BCUT2D eigenvalue weighted by molar-refractivity contribution is 5.86. The van der Waals surface area contributed by atoms with E-state index in [0.29, 0.717) is 31.0 Å². The number of benzene rings is 2. The number of rotatable bonds is 6. The number of hydrogen-bond donors (Lipinski definition) is 0. The van der Waals surface area contributed by atoms with Crippen LogP contribution < -0.4 is 10.4 Å². The molecule has 1 aromatic heterocycles. The fraction of sp³-hybridized carbons (Fsp3) is 0.360. The average molecular weight is 421 g/mol. The molecule has 0 unspecified atom stereocenters. The number of fused-ring (bicyclic) bond motifs is 3. The second kappa shape index (κ2) is 8.94. The van der Waals surface area contributed by atoms with Gasteiger partial charge >= 0.3 is 11.6 Å². The molecule has 0 atom stereocenters. The molecule has 0 bridgehead atoms. The quantitative estimate of drug-likeness (QED) is 0.436. The molecular formula is C25H27NO5. The first-order valence-electron chi connectivity index (χ1n) is 10.6. The van der Waals surface area contributed by atoms with E-state index in [4.69, 9.17) is 13.9 Å². The summed E-state index contributed by atoms with van der Waals surface area (Å²) in [5, 5.41) is 0.871. The zero-order valence-corrected chi connectivity index (χ0v) is 18.1. The highest BCUT2D eigenvalue weighted by Crippen LogP contribution is 2.37. The Labute approximate surface area is 181 Å². The van der Waals surface area contributed by atoms with Crippen molar-refractivity contribution in [2.45, 2.75) is 52.8 Å². The van der Waals surface area contributed by atoms with Gasteiger partial charge in [0.2, 0.25) is 0 Å². The standard InChI is InChI=1S/C25H27NO5/c1-16(2)30-22(27)10-9-19-12-20-17(3)11-23(28)31-25(20)21-14-26(15-29-24(19)21)13-18-7-5-4-6-8-18/h4-8,11-12,16H,9-10,13-15H2,1-3H3. The normalized spacial score (nSPS) is 13.8. The van der Waals surface area contributed by atoms with Crippen molar-refractivity contribution in [3.8, 4) is 5.75 Å². The van der Waals surface area contributed by atoms with E-state index >= 15 is 0 Å². The van der Waals surface area contributed by atoms with Gasteiger partial charge in [0.25, 0.3) is 0 Å². The Bertz CT molecular complexity index is 1150. The van der Waals surface area contributed by atoms with Gasteiger partial charge in [-0.2, -0.15) is 0 Å². The first kappa shape index (κ1) is 21.1. The topological polar surface area (TPSA) is 69.0 Å². The molecule has 0 amide bonds. The van der Waals surface area contributed by atoms with Crippen LogP contribution in [-0.4, -0.2) is 23.7 Å². The minimum Gasteiger partial charge on any atom is -0.477 e. The van der Waals surface area contributed by atoms with E-state index in [-0.39, 0.29) is 24.1 Å². The third-order valence-corrected chi connectivity index (χ3v) is 5.35. The first-order valence-corrected chi connectivity index (χ1v) is 10.6. The van der Waals surface area contributed by atoms with Gasteiger partial charge in [-0.25, -0.2) is 4.79 Å². The van der Waals surface area contributed by atoms with Gasteiger partial charge in [-0.05, 0) is 49.9 Å². The third-order valence-electron chi connectivity index (χ3n) is 5.35.